The normalized spacial score (nSPS) is 18.9. The molecular formula is C24H29FN4O3. The van der Waals surface area contributed by atoms with E-state index in [9.17, 15) is 14.0 Å². The summed E-state index contributed by atoms with van der Waals surface area (Å²) in [5.74, 6) is -0.905. The van der Waals surface area contributed by atoms with Gasteiger partial charge < -0.3 is 25.2 Å². The lowest BCUT2D eigenvalue weighted by Gasteiger charge is -2.32. The summed E-state index contributed by atoms with van der Waals surface area (Å²) in [6.45, 7) is 5.34. The summed E-state index contributed by atoms with van der Waals surface area (Å²) >= 11 is 0. The highest BCUT2D eigenvalue weighted by Crippen LogP contribution is 2.25. The summed E-state index contributed by atoms with van der Waals surface area (Å²) in [7, 11) is 0. The Hall–Kier alpha value is -3.13. The van der Waals surface area contributed by atoms with E-state index >= 15 is 0 Å². The number of likely N-dealkylation sites (tertiary alicyclic amines) is 1. The Morgan fingerprint density at radius 3 is 2.56 bits per heavy atom. The zero-order chi connectivity index (χ0) is 22.5. The van der Waals surface area contributed by atoms with Crippen LogP contribution in [-0.2, 0) is 9.53 Å². The molecule has 0 bridgehead atoms. The molecule has 0 radical (unpaired) electrons. The summed E-state index contributed by atoms with van der Waals surface area (Å²) in [4.78, 5) is 29.1. The molecule has 0 aromatic heterocycles. The third kappa shape index (κ3) is 5.37. The van der Waals surface area contributed by atoms with Gasteiger partial charge in [-0.05, 0) is 55.7 Å². The number of halogens is 1. The molecule has 170 valence electrons. The number of amides is 3. The van der Waals surface area contributed by atoms with Crippen LogP contribution in [0, 0.1) is 18.7 Å². The van der Waals surface area contributed by atoms with Gasteiger partial charge >= 0.3 is 6.03 Å². The Morgan fingerprint density at radius 1 is 1.03 bits per heavy atom. The molecule has 32 heavy (non-hydrogen) atoms. The van der Waals surface area contributed by atoms with E-state index in [1.807, 2.05) is 36.1 Å². The van der Waals surface area contributed by atoms with Crippen LogP contribution >= 0.6 is 0 Å². The predicted molar refractivity (Wildman–Crippen MR) is 123 cm³/mol. The third-order valence-electron chi connectivity index (χ3n) is 5.92. The van der Waals surface area contributed by atoms with Gasteiger partial charge in [0.15, 0.2) is 0 Å². The first kappa shape index (κ1) is 22.1. The number of nitrogens with zero attached hydrogens (tertiary/aromatic N) is 2. The SMILES string of the molecule is Cc1cccc(NC(=O)N2CCCC(C(=O)Nc3ccc(N4CCOCC4)c(F)c3)C2)c1. The monoisotopic (exact) mass is 440 g/mol. The van der Waals surface area contributed by atoms with Gasteiger partial charge in [0.05, 0.1) is 24.8 Å². The second-order valence-electron chi connectivity index (χ2n) is 8.34. The standard InChI is InChI=1S/C24H29FN4O3/c1-17-4-2-6-19(14-17)27-24(31)29-9-3-5-18(16-29)23(30)26-20-7-8-22(21(25)15-20)28-10-12-32-13-11-28/h2,4,6-8,14-15,18H,3,5,9-13,16H2,1H3,(H,26,30)(H,27,31). The van der Waals surface area contributed by atoms with Crippen LogP contribution < -0.4 is 15.5 Å². The molecule has 3 amide bonds. The second kappa shape index (κ2) is 9.99. The smallest absolute Gasteiger partial charge is 0.321 e. The Balaban J connectivity index is 1.34. The number of benzene rings is 2. The molecule has 4 rings (SSSR count). The molecule has 2 aliphatic heterocycles. The number of urea groups is 1. The molecule has 0 spiro atoms. The van der Waals surface area contributed by atoms with Gasteiger partial charge in [-0.2, -0.15) is 0 Å². The summed E-state index contributed by atoms with van der Waals surface area (Å²) in [6.07, 6.45) is 1.43. The van der Waals surface area contributed by atoms with Crippen LogP contribution in [0.2, 0.25) is 0 Å². The number of morpholine rings is 1. The van der Waals surface area contributed by atoms with Crippen molar-refractivity contribution in [1.29, 1.82) is 0 Å². The molecule has 0 saturated carbocycles. The van der Waals surface area contributed by atoms with Crippen molar-refractivity contribution >= 4 is 29.0 Å². The van der Waals surface area contributed by atoms with E-state index in [1.165, 1.54) is 6.07 Å². The Kier molecular flexibility index (Phi) is 6.90. The van der Waals surface area contributed by atoms with Crippen molar-refractivity contribution in [3.8, 4) is 0 Å². The lowest BCUT2D eigenvalue weighted by molar-refractivity contribution is -0.121. The van der Waals surface area contributed by atoms with E-state index in [0.717, 1.165) is 17.7 Å². The number of anilines is 3. The molecule has 7 nitrogen and oxygen atoms in total. The van der Waals surface area contributed by atoms with E-state index in [-0.39, 0.29) is 23.7 Å². The first-order chi connectivity index (χ1) is 15.5. The average molecular weight is 441 g/mol. The number of carbonyl (C=O) groups is 2. The van der Waals surface area contributed by atoms with Crippen molar-refractivity contribution < 1.29 is 18.7 Å². The second-order valence-corrected chi connectivity index (χ2v) is 8.34. The molecule has 2 aliphatic rings. The molecule has 2 N–H and O–H groups in total. The largest absolute Gasteiger partial charge is 0.378 e. The van der Waals surface area contributed by atoms with Crippen molar-refractivity contribution in [1.82, 2.24) is 4.90 Å². The van der Waals surface area contributed by atoms with Crippen molar-refractivity contribution in [2.45, 2.75) is 19.8 Å². The summed E-state index contributed by atoms with van der Waals surface area (Å²) in [5, 5.41) is 5.72. The van der Waals surface area contributed by atoms with E-state index in [2.05, 4.69) is 10.6 Å². The quantitative estimate of drug-likeness (QED) is 0.757. The first-order valence-corrected chi connectivity index (χ1v) is 11.1. The number of rotatable bonds is 4. The topological polar surface area (TPSA) is 73.9 Å². The molecule has 2 aromatic rings. The number of nitrogens with one attached hydrogen (secondary N) is 2. The van der Waals surface area contributed by atoms with Crippen molar-refractivity contribution in [3.05, 3.63) is 53.8 Å². The highest BCUT2D eigenvalue weighted by atomic mass is 19.1. The Labute approximate surface area is 187 Å². The number of piperidine rings is 1. The maximum absolute atomic E-state index is 14.6. The summed E-state index contributed by atoms with van der Waals surface area (Å²) < 4.78 is 20.0. The predicted octanol–water partition coefficient (Wildman–Crippen LogP) is 3.85. The Morgan fingerprint density at radius 2 is 1.81 bits per heavy atom. The number of ether oxygens (including phenoxy) is 1. The van der Waals surface area contributed by atoms with Crippen molar-refractivity contribution in [2.75, 3.05) is 54.9 Å². The third-order valence-corrected chi connectivity index (χ3v) is 5.92. The zero-order valence-corrected chi connectivity index (χ0v) is 18.3. The fraction of sp³-hybridized carbons (Fsp3) is 0.417. The van der Waals surface area contributed by atoms with Crippen LogP contribution in [0.25, 0.3) is 0 Å². The van der Waals surface area contributed by atoms with Gasteiger partial charge in [0, 0.05) is 37.6 Å². The fourth-order valence-corrected chi connectivity index (χ4v) is 4.19. The summed E-state index contributed by atoms with van der Waals surface area (Å²) in [5.41, 5.74) is 2.73. The van der Waals surface area contributed by atoms with E-state index in [0.29, 0.717) is 57.2 Å². The molecule has 2 fully saturated rings. The van der Waals surface area contributed by atoms with Crippen molar-refractivity contribution in [3.63, 3.8) is 0 Å². The number of carbonyl (C=O) groups excluding carboxylic acids is 2. The van der Waals surface area contributed by atoms with Crippen LogP contribution in [0.1, 0.15) is 18.4 Å². The number of hydrogen-bond donors (Lipinski definition) is 2. The summed E-state index contributed by atoms with van der Waals surface area (Å²) in [6, 6.07) is 12.2. The van der Waals surface area contributed by atoms with Crippen LogP contribution in [0.4, 0.5) is 26.2 Å². The minimum absolute atomic E-state index is 0.198. The molecule has 2 heterocycles. The lowest BCUT2D eigenvalue weighted by atomic mass is 9.97. The van der Waals surface area contributed by atoms with Crippen molar-refractivity contribution in [2.24, 2.45) is 5.92 Å². The minimum atomic E-state index is -0.368. The van der Waals surface area contributed by atoms with E-state index < -0.39 is 0 Å². The molecular weight excluding hydrogens is 411 g/mol. The molecule has 1 atom stereocenters. The Bertz CT molecular complexity index is 977. The number of aryl methyl sites for hydroxylation is 1. The maximum atomic E-state index is 14.6. The zero-order valence-electron chi connectivity index (χ0n) is 18.3. The van der Waals surface area contributed by atoms with Crippen LogP contribution in [0.5, 0.6) is 0 Å². The van der Waals surface area contributed by atoms with Gasteiger partial charge in [-0.1, -0.05) is 12.1 Å². The highest BCUT2D eigenvalue weighted by Gasteiger charge is 2.29. The maximum Gasteiger partial charge on any atom is 0.321 e. The van der Waals surface area contributed by atoms with E-state index in [1.54, 1.807) is 17.0 Å². The van der Waals surface area contributed by atoms with Gasteiger partial charge in [0.1, 0.15) is 5.82 Å². The van der Waals surface area contributed by atoms with Crippen LogP contribution in [-0.4, -0.2) is 56.2 Å². The van der Waals surface area contributed by atoms with Gasteiger partial charge in [-0.25, -0.2) is 9.18 Å². The average Bonchev–Trinajstić information content (AvgIpc) is 2.80. The number of hydrogen-bond acceptors (Lipinski definition) is 4. The van der Waals surface area contributed by atoms with Gasteiger partial charge in [-0.15, -0.1) is 0 Å². The molecule has 0 aliphatic carbocycles. The highest BCUT2D eigenvalue weighted by molar-refractivity contribution is 5.94. The molecule has 1 unspecified atom stereocenters. The first-order valence-electron chi connectivity index (χ1n) is 11.1. The molecule has 2 aromatic carbocycles. The van der Waals surface area contributed by atoms with E-state index in [4.69, 9.17) is 4.74 Å². The minimum Gasteiger partial charge on any atom is -0.378 e. The van der Waals surface area contributed by atoms with Gasteiger partial charge in [-0.3, -0.25) is 4.79 Å². The van der Waals surface area contributed by atoms with Gasteiger partial charge in [0.2, 0.25) is 5.91 Å². The van der Waals surface area contributed by atoms with Crippen LogP contribution in [0.3, 0.4) is 0 Å². The molecule has 2 saturated heterocycles. The lowest BCUT2D eigenvalue weighted by Crippen LogP contribution is -2.45. The molecule has 8 heteroatoms. The van der Waals surface area contributed by atoms with Crippen LogP contribution in [0.15, 0.2) is 42.5 Å². The van der Waals surface area contributed by atoms with Gasteiger partial charge in [0.25, 0.3) is 0 Å². The fourth-order valence-electron chi connectivity index (χ4n) is 4.19.